The zero-order valence-electron chi connectivity index (χ0n) is 14.2. The van der Waals surface area contributed by atoms with E-state index in [0.29, 0.717) is 30.2 Å². The van der Waals surface area contributed by atoms with Crippen LogP contribution in [-0.2, 0) is 14.2 Å². The van der Waals surface area contributed by atoms with E-state index in [9.17, 15) is 9.59 Å². The van der Waals surface area contributed by atoms with Crippen LogP contribution >= 0.6 is 0 Å². The van der Waals surface area contributed by atoms with Crippen LogP contribution in [0.4, 0.5) is 4.79 Å². The van der Waals surface area contributed by atoms with Crippen molar-refractivity contribution in [1.82, 2.24) is 10.6 Å². The summed E-state index contributed by atoms with van der Waals surface area (Å²) in [6.45, 7) is 2.98. The number of nitrogens with one attached hydrogen (secondary N) is 2. The van der Waals surface area contributed by atoms with Crippen molar-refractivity contribution in [1.29, 1.82) is 0 Å². The van der Waals surface area contributed by atoms with E-state index in [1.54, 1.807) is 18.2 Å². The molecular formula is C17H20N2O7. The minimum absolute atomic E-state index is 0.154. The smallest absolute Gasteiger partial charge is 0.407 e. The van der Waals surface area contributed by atoms with Gasteiger partial charge in [-0.3, -0.25) is 4.79 Å². The predicted octanol–water partition coefficient (Wildman–Crippen LogP) is 0.426. The normalized spacial score (nSPS) is 28.5. The van der Waals surface area contributed by atoms with Crippen LogP contribution in [0, 0.1) is 0 Å². The van der Waals surface area contributed by atoms with E-state index in [1.807, 2.05) is 6.92 Å². The molecule has 0 aromatic heterocycles. The lowest BCUT2D eigenvalue weighted by molar-refractivity contribution is 0.00408. The van der Waals surface area contributed by atoms with Crippen LogP contribution < -0.4 is 20.1 Å². The van der Waals surface area contributed by atoms with Crippen molar-refractivity contribution in [3.05, 3.63) is 23.8 Å². The fourth-order valence-electron chi connectivity index (χ4n) is 3.30. The van der Waals surface area contributed by atoms with Crippen LogP contribution in [0.5, 0.6) is 11.5 Å². The lowest BCUT2D eigenvalue weighted by atomic mass is 10.1. The lowest BCUT2D eigenvalue weighted by Gasteiger charge is -2.18. The van der Waals surface area contributed by atoms with Gasteiger partial charge in [-0.25, -0.2) is 4.79 Å². The first-order chi connectivity index (χ1) is 12.7. The molecule has 0 bridgehead atoms. The lowest BCUT2D eigenvalue weighted by Crippen LogP contribution is -2.44. The first-order valence-corrected chi connectivity index (χ1v) is 8.54. The molecular weight excluding hydrogens is 344 g/mol. The van der Waals surface area contributed by atoms with E-state index in [2.05, 4.69) is 10.6 Å². The van der Waals surface area contributed by atoms with Crippen molar-refractivity contribution in [2.45, 2.75) is 31.3 Å². The molecule has 140 valence electrons. The maximum atomic E-state index is 12.5. The highest BCUT2D eigenvalue weighted by atomic mass is 16.7. The summed E-state index contributed by atoms with van der Waals surface area (Å²) < 4.78 is 27.3. The molecule has 2 amide bonds. The van der Waals surface area contributed by atoms with Gasteiger partial charge in [-0.2, -0.15) is 0 Å². The number of amides is 2. The fourth-order valence-corrected chi connectivity index (χ4v) is 3.30. The third kappa shape index (κ3) is 3.15. The van der Waals surface area contributed by atoms with Crippen LogP contribution in [0.2, 0.25) is 0 Å². The quantitative estimate of drug-likeness (QED) is 0.798. The molecule has 3 aliphatic heterocycles. The van der Waals surface area contributed by atoms with Crippen molar-refractivity contribution in [2.24, 2.45) is 0 Å². The molecule has 9 heteroatoms. The second kappa shape index (κ2) is 7.00. The Hall–Kier alpha value is -2.52. The number of hydrogen-bond acceptors (Lipinski definition) is 7. The summed E-state index contributed by atoms with van der Waals surface area (Å²) in [5.41, 5.74) is 0.464. The number of fused-ring (bicyclic) bond motifs is 2. The molecule has 9 nitrogen and oxygen atoms in total. The Bertz CT molecular complexity index is 710. The van der Waals surface area contributed by atoms with Crippen LogP contribution in [0.1, 0.15) is 17.3 Å². The van der Waals surface area contributed by atoms with Gasteiger partial charge in [-0.1, -0.05) is 0 Å². The molecule has 1 aromatic carbocycles. The number of hydrogen-bond donors (Lipinski definition) is 2. The van der Waals surface area contributed by atoms with Gasteiger partial charge in [0, 0.05) is 12.1 Å². The average molecular weight is 364 g/mol. The van der Waals surface area contributed by atoms with Gasteiger partial charge in [0.25, 0.3) is 5.91 Å². The van der Waals surface area contributed by atoms with Crippen molar-refractivity contribution in [3.8, 4) is 11.5 Å². The summed E-state index contributed by atoms with van der Waals surface area (Å²) >= 11 is 0. The fraction of sp³-hybridized carbons (Fsp3) is 0.529. The topological polar surface area (TPSA) is 104 Å². The summed E-state index contributed by atoms with van der Waals surface area (Å²) in [5.74, 6) is 0.912. The van der Waals surface area contributed by atoms with Gasteiger partial charge in [-0.15, -0.1) is 0 Å². The highest BCUT2D eigenvalue weighted by molar-refractivity contribution is 5.95. The van der Waals surface area contributed by atoms with Crippen molar-refractivity contribution in [3.63, 3.8) is 0 Å². The number of carbonyl (C=O) groups is 2. The highest BCUT2D eigenvalue weighted by Gasteiger charge is 2.50. The van der Waals surface area contributed by atoms with Gasteiger partial charge in [-0.05, 0) is 25.1 Å². The van der Waals surface area contributed by atoms with Gasteiger partial charge in [0.15, 0.2) is 17.6 Å². The zero-order chi connectivity index (χ0) is 18.1. The molecule has 26 heavy (non-hydrogen) atoms. The Labute approximate surface area is 149 Å². The van der Waals surface area contributed by atoms with Gasteiger partial charge in [0.2, 0.25) is 6.79 Å². The molecule has 0 saturated carbocycles. The first kappa shape index (κ1) is 16.9. The molecule has 0 aliphatic carbocycles. The Kier molecular flexibility index (Phi) is 4.56. The van der Waals surface area contributed by atoms with Crippen LogP contribution in [0.15, 0.2) is 18.2 Å². The predicted molar refractivity (Wildman–Crippen MR) is 87.2 cm³/mol. The molecule has 2 N–H and O–H groups in total. The van der Waals surface area contributed by atoms with E-state index in [1.165, 1.54) is 0 Å². The SMILES string of the molecule is CCNC(=O)O[C@H]1CO[C@@H]2[C@@H]1OC[C@@H]2NC(=O)c1ccc2c(c1)OCO2. The molecule has 4 rings (SSSR count). The molecule has 0 radical (unpaired) electrons. The Morgan fingerprint density at radius 3 is 2.81 bits per heavy atom. The second-order valence-electron chi connectivity index (χ2n) is 6.22. The number of rotatable bonds is 4. The number of alkyl carbamates (subject to hydrolysis) is 1. The zero-order valence-corrected chi connectivity index (χ0v) is 14.2. The second-order valence-corrected chi connectivity index (χ2v) is 6.22. The van der Waals surface area contributed by atoms with E-state index < -0.39 is 12.2 Å². The third-order valence-electron chi connectivity index (χ3n) is 4.54. The van der Waals surface area contributed by atoms with Crippen molar-refractivity contribution < 1.29 is 33.3 Å². The summed E-state index contributed by atoms with van der Waals surface area (Å²) in [5, 5.41) is 5.49. The van der Waals surface area contributed by atoms with Crippen LogP contribution in [-0.4, -0.2) is 62.9 Å². The van der Waals surface area contributed by atoms with E-state index in [-0.39, 0.29) is 37.6 Å². The minimum atomic E-state index is -0.502. The number of benzene rings is 1. The monoisotopic (exact) mass is 364 g/mol. The Morgan fingerprint density at radius 2 is 1.96 bits per heavy atom. The molecule has 3 aliphatic rings. The molecule has 2 fully saturated rings. The van der Waals surface area contributed by atoms with E-state index >= 15 is 0 Å². The molecule has 4 atom stereocenters. The van der Waals surface area contributed by atoms with E-state index in [0.717, 1.165) is 0 Å². The highest BCUT2D eigenvalue weighted by Crippen LogP contribution is 2.33. The molecule has 2 saturated heterocycles. The van der Waals surface area contributed by atoms with E-state index in [4.69, 9.17) is 23.7 Å². The maximum Gasteiger partial charge on any atom is 0.407 e. The van der Waals surface area contributed by atoms with Crippen LogP contribution in [0.3, 0.4) is 0 Å². The Balaban J connectivity index is 1.36. The summed E-state index contributed by atoms with van der Waals surface area (Å²) in [7, 11) is 0. The third-order valence-corrected chi connectivity index (χ3v) is 4.54. The standard InChI is InChI=1S/C17H20N2O7/c1-2-18-17(21)26-13-7-23-14-10(6-22-15(13)14)19-16(20)9-3-4-11-12(5-9)25-8-24-11/h3-5,10,13-15H,2,6-8H2,1H3,(H,18,21)(H,19,20)/t10-,13-,14-,15+/m0/s1. The van der Waals surface area contributed by atoms with Gasteiger partial charge in [0.1, 0.15) is 12.2 Å². The summed E-state index contributed by atoms with van der Waals surface area (Å²) in [6, 6.07) is 4.70. The summed E-state index contributed by atoms with van der Waals surface area (Å²) in [4.78, 5) is 24.1. The van der Waals surface area contributed by atoms with Crippen molar-refractivity contribution in [2.75, 3.05) is 26.6 Å². The van der Waals surface area contributed by atoms with Crippen molar-refractivity contribution >= 4 is 12.0 Å². The Morgan fingerprint density at radius 1 is 1.15 bits per heavy atom. The van der Waals surface area contributed by atoms with Gasteiger partial charge in [0.05, 0.1) is 19.3 Å². The average Bonchev–Trinajstić information content (AvgIpc) is 3.33. The molecule has 0 spiro atoms. The molecule has 0 unspecified atom stereocenters. The maximum absolute atomic E-state index is 12.5. The van der Waals surface area contributed by atoms with Gasteiger partial charge < -0.3 is 34.3 Å². The van der Waals surface area contributed by atoms with Gasteiger partial charge >= 0.3 is 6.09 Å². The minimum Gasteiger partial charge on any atom is -0.454 e. The first-order valence-electron chi connectivity index (χ1n) is 8.54. The number of carbonyl (C=O) groups excluding carboxylic acids is 2. The number of ether oxygens (including phenoxy) is 5. The largest absolute Gasteiger partial charge is 0.454 e. The molecule has 3 heterocycles. The summed E-state index contributed by atoms with van der Waals surface area (Å²) in [6.07, 6.45) is -1.73. The molecule has 1 aromatic rings. The van der Waals surface area contributed by atoms with Crippen LogP contribution in [0.25, 0.3) is 0 Å².